The summed E-state index contributed by atoms with van der Waals surface area (Å²) in [5, 5.41) is 0. The number of rotatable bonds is 8. The molecule has 0 radical (unpaired) electrons. The normalized spacial score (nSPS) is 13.7. The van der Waals surface area contributed by atoms with Crippen LogP contribution >= 0.6 is 0 Å². The molecule has 0 spiro atoms. The molecule has 5 heteroatoms. The summed E-state index contributed by atoms with van der Waals surface area (Å²) >= 11 is 0. The third-order valence-electron chi connectivity index (χ3n) is 3.31. The number of nitrogens with one attached hydrogen (secondary N) is 1. The number of hydrogen-bond acceptors (Lipinski definition) is 3. The molecule has 0 heterocycles. The smallest absolute Gasteiger partial charge is 0.211 e. The second kappa shape index (κ2) is 7.62. The van der Waals surface area contributed by atoms with Crippen LogP contribution in [0.2, 0.25) is 0 Å². The van der Waals surface area contributed by atoms with Crippen LogP contribution in [-0.2, 0) is 10.0 Å². The van der Waals surface area contributed by atoms with Gasteiger partial charge >= 0.3 is 0 Å². The van der Waals surface area contributed by atoms with Crippen LogP contribution < -0.4 is 4.72 Å². The minimum absolute atomic E-state index is 0.0810. The highest BCUT2D eigenvalue weighted by Crippen LogP contribution is 2.19. The van der Waals surface area contributed by atoms with Gasteiger partial charge in [-0.1, -0.05) is 44.2 Å². The lowest BCUT2D eigenvalue weighted by Gasteiger charge is -2.30. The molecule has 4 nitrogen and oxygen atoms in total. The van der Waals surface area contributed by atoms with Crippen molar-refractivity contribution in [1.29, 1.82) is 0 Å². The van der Waals surface area contributed by atoms with Crippen molar-refractivity contribution in [3.63, 3.8) is 0 Å². The molecule has 108 valence electrons. The molecule has 1 atom stereocenters. The summed E-state index contributed by atoms with van der Waals surface area (Å²) < 4.78 is 25.9. The number of sulfonamides is 1. The van der Waals surface area contributed by atoms with E-state index in [9.17, 15) is 8.42 Å². The Morgan fingerprint density at radius 1 is 1.11 bits per heavy atom. The van der Waals surface area contributed by atoms with E-state index in [1.165, 1.54) is 0 Å². The Balaban J connectivity index is 2.88. The molecule has 0 aliphatic heterocycles. The predicted molar refractivity (Wildman–Crippen MR) is 79.6 cm³/mol. The molecule has 1 aromatic carbocycles. The summed E-state index contributed by atoms with van der Waals surface area (Å²) in [6, 6.07) is 10.1. The molecule has 0 saturated carbocycles. The van der Waals surface area contributed by atoms with Crippen molar-refractivity contribution >= 4 is 10.0 Å². The molecule has 0 aliphatic carbocycles. The lowest BCUT2D eigenvalue weighted by atomic mass is 10.1. The monoisotopic (exact) mass is 284 g/mol. The first-order valence-corrected chi connectivity index (χ1v) is 8.45. The molecule has 1 N–H and O–H groups in total. The van der Waals surface area contributed by atoms with Crippen LogP contribution in [0.5, 0.6) is 0 Å². The first-order valence-electron chi connectivity index (χ1n) is 6.80. The minimum atomic E-state index is -3.15. The third-order valence-corrected chi connectivity index (χ3v) is 4.68. The van der Waals surface area contributed by atoms with E-state index < -0.39 is 10.0 Å². The highest BCUT2D eigenvalue weighted by atomic mass is 32.2. The minimum Gasteiger partial charge on any atom is -0.296 e. The summed E-state index contributed by atoms with van der Waals surface area (Å²) in [7, 11) is -3.15. The zero-order valence-electron chi connectivity index (χ0n) is 12.0. The number of nitrogens with zero attached hydrogens (tertiary/aromatic N) is 1. The van der Waals surface area contributed by atoms with E-state index >= 15 is 0 Å². The molecule has 0 amide bonds. The Morgan fingerprint density at radius 3 is 2.16 bits per heavy atom. The van der Waals surface area contributed by atoms with Crippen molar-refractivity contribution < 1.29 is 8.42 Å². The molecule has 19 heavy (non-hydrogen) atoms. The van der Waals surface area contributed by atoms with Gasteiger partial charge in [0.05, 0.1) is 5.75 Å². The quantitative estimate of drug-likeness (QED) is 0.794. The van der Waals surface area contributed by atoms with Gasteiger partial charge in [0.1, 0.15) is 0 Å². The zero-order chi connectivity index (χ0) is 14.3. The van der Waals surface area contributed by atoms with Crippen LogP contribution in [0.3, 0.4) is 0 Å². The van der Waals surface area contributed by atoms with Crippen molar-refractivity contribution in [2.24, 2.45) is 0 Å². The molecule has 0 bridgehead atoms. The van der Waals surface area contributed by atoms with Crippen LogP contribution in [0.4, 0.5) is 0 Å². The summed E-state index contributed by atoms with van der Waals surface area (Å²) in [5.41, 5.74) is 1.14. The van der Waals surface area contributed by atoms with Gasteiger partial charge in [-0.05, 0) is 25.6 Å². The maximum Gasteiger partial charge on any atom is 0.211 e. The summed E-state index contributed by atoms with van der Waals surface area (Å²) in [4.78, 5) is 2.26. The number of hydrogen-bond donors (Lipinski definition) is 1. The zero-order valence-corrected chi connectivity index (χ0v) is 12.8. The summed E-state index contributed by atoms with van der Waals surface area (Å²) in [6.07, 6.45) is 0. The summed E-state index contributed by atoms with van der Waals surface area (Å²) in [6.45, 7) is 8.04. The molecule has 1 rings (SSSR count). The van der Waals surface area contributed by atoms with Gasteiger partial charge in [-0.2, -0.15) is 0 Å². The average Bonchev–Trinajstić information content (AvgIpc) is 2.44. The second-order valence-corrected chi connectivity index (χ2v) is 6.50. The predicted octanol–water partition coefficient (Wildman–Crippen LogP) is 2.01. The third kappa shape index (κ3) is 4.93. The molecule has 0 aromatic heterocycles. The second-order valence-electron chi connectivity index (χ2n) is 4.40. The van der Waals surface area contributed by atoms with Crippen LogP contribution in [0.25, 0.3) is 0 Å². The lowest BCUT2D eigenvalue weighted by molar-refractivity contribution is 0.220. The SMILES string of the molecule is CCN(CC)C(CNS(=O)(=O)CC)c1ccccc1. The fourth-order valence-electron chi connectivity index (χ4n) is 2.11. The van der Waals surface area contributed by atoms with Crippen molar-refractivity contribution in [2.75, 3.05) is 25.4 Å². The highest BCUT2D eigenvalue weighted by molar-refractivity contribution is 7.89. The topological polar surface area (TPSA) is 49.4 Å². The van der Waals surface area contributed by atoms with Crippen LogP contribution in [0.15, 0.2) is 30.3 Å². The Morgan fingerprint density at radius 2 is 1.68 bits per heavy atom. The maximum atomic E-state index is 11.6. The van der Waals surface area contributed by atoms with Gasteiger partial charge in [0, 0.05) is 12.6 Å². The maximum absolute atomic E-state index is 11.6. The lowest BCUT2D eigenvalue weighted by Crippen LogP contribution is -2.38. The molecular weight excluding hydrogens is 260 g/mol. The van der Waals surface area contributed by atoms with Crippen LogP contribution in [-0.4, -0.2) is 38.7 Å². The van der Waals surface area contributed by atoms with E-state index in [1.807, 2.05) is 30.3 Å². The van der Waals surface area contributed by atoms with Crippen molar-refractivity contribution in [3.05, 3.63) is 35.9 Å². The van der Waals surface area contributed by atoms with Gasteiger partial charge in [-0.25, -0.2) is 13.1 Å². The van der Waals surface area contributed by atoms with Crippen molar-refractivity contribution in [1.82, 2.24) is 9.62 Å². The van der Waals surface area contributed by atoms with E-state index in [1.54, 1.807) is 6.92 Å². The van der Waals surface area contributed by atoms with Crippen LogP contribution in [0, 0.1) is 0 Å². The molecule has 0 fully saturated rings. The molecule has 1 aromatic rings. The van der Waals surface area contributed by atoms with E-state index in [0.717, 1.165) is 18.7 Å². The highest BCUT2D eigenvalue weighted by Gasteiger charge is 2.19. The number of benzene rings is 1. The first kappa shape index (κ1) is 16.1. The van der Waals surface area contributed by atoms with Gasteiger partial charge in [-0.3, -0.25) is 4.90 Å². The summed E-state index contributed by atoms with van der Waals surface area (Å²) in [5.74, 6) is 0.118. The molecule has 0 aliphatic rings. The van der Waals surface area contributed by atoms with E-state index in [2.05, 4.69) is 23.5 Å². The van der Waals surface area contributed by atoms with Gasteiger partial charge < -0.3 is 0 Å². The molecule has 0 saturated heterocycles. The van der Waals surface area contributed by atoms with E-state index in [-0.39, 0.29) is 11.8 Å². The molecular formula is C14H24N2O2S. The van der Waals surface area contributed by atoms with Gasteiger partial charge in [0.15, 0.2) is 0 Å². The fraction of sp³-hybridized carbons (Fsp3) is 0.571. The van der Waals surface area contributed by atoms with Crippen molar-refractivity contribution in [3.8, 4) is 0 Å². The Kier molecular flexibility index (Phi) is 6.48. The largest absolute Gasteiger partial charge is 0.296 e. The standard InChI is InChI=1S/C14H24N2O2S/c1-4-16(5-2)14(12-15-19(17,18)6-3)13-10-8-7-9-11-13/h7-11,14-15H,4-6,12H2,1-3H3. The first-order chi connectivity index (χ1) is 9.04. The van der Waals surface area contributed by atoms with Gasteiger partial charge in [0.2, 0.25) is 10.0 Å². The van der Waals surface area contributed by atoms with Crippen molar-refractivity contribution in [2.45, 2.75) is 26.8 Å². The van der Waals surface area contributed by atoms with E-state index in [4.69, 9.17) is 0 Å². The average molecular weight is 284 g/mol. The Labute approximate surface area is 116 Å². The Hall–Kier alpha value is -0.910. The van der Waals surface area contributed by atoms with Crippen LogP contribution in [0.1, 0.15) is 32.4 Å². The Bertz CT molecular complexity index is 456. The van der Waals surface area contributed by atoms with Gasteiger partial charge in [0.25, 0.3) is 0 Å². The molecule has 1 unspecified atom stereocenters. The van der Waals surface area contributed by atoms with E-state index in [0.29, 0.717) is 6.54 Å². The fourth-order valence-corrected chi connectivity index (χ4v) is 2.72. The van der Waals surface area contributed by atoms with Gasteiger partial charge in [-0.15, -0.1) is 0 Å². The number of likely N-dealkylation sites (N-methyl/N-ethyl adjacent to an activating group) is 1.